The van der Waals surface area contributed by atoms with Gasteiger partial charge in [-0.1, -0.05) is 83.4 Å². The van der Waals surface area contributed by atoms with Crippen LogP contribution in [0.25, 0.3) is 0 Å². The summed E-state index contributed by atoms with van der Waals surface area (Å²) >= 11 is 0. The monoisotopic (exact) mass is 710 g/mol. The number of hydrogen-bond donors (Lipinski definition) is 4. The fourth-order valence-electron chi connectivity index (χ4n) is 6.08. The zero-order valence-electron chi connectivity index (χ0n) is 30.6. The van der Waals surface area contributed by atoms with Crippen molar-refractivity contribution in [2.45, 2.75) is 90.4 Å². The van der Waals surface area contributed by atoms with E-state index in [9.17, 15) is 24.0 Å². The van der Waals surface area contributed by atoms with Gasteiger partial charge in [0.05, 0.1) is 26.8 Å². The van der Waals surface area contributed by atoms with Crippen molar-refractivity contribution in [3.05, 3.63) is 66.0 Å². The highest BCUT2D eigenvalue weighted by Gasteiger charge is 2.35. The van der Waals surface area contributed by atoms with Crippen LogP contribution in [0.1, 0.15) is 75.9 Å². The number of carbonyl (C=O) groups excluding carboxylic acids is 5. The Bertz CT molecular complexity index is 1400. The number of rotatable bonds is 17. The van der Waals surface area contributed by atoms with Crippen LogP contribution >= 0.6 is 0 Å². The molecule has 1 aliphatic carbocycles. The van der Waals surface area contributed by atoms with E-state index in [1.165, 1.54) is 26.5 Å². The molecular weight excluding hydrogens is 656 g/mol. The average molecular weight is 711 g/mol. The van der Waals surface area contributed by atoms with Gasteiger partial charge in [0, 0.05) is 12.7 Å². The molecule has 3 rings (SSSR count). The lowest BCUT2D eigenvalue weighted by molar-refractivity contribution is -0.131. The van der Waals surface area contributed by atoms with Crippen LogP contribution in [0.2, 0.25) is 0 Å². The van der Waals surface area contributed by atoms with E-state index in [1.807, 2.05) is 44.2 Å². The van der Waals surface area contributed by atoms with Gasteiger partial charge in [-0.2, -0.15) is 0 Å². The van der Waals surface area contributed by atoms with Crippen LogP contribution in [-0.2, 0) is 30.2 Å². The fourth-order valence-corrected chi connectivity index (χ4v) is 6.08. The second kappa shape index (κ2) is 20.8. The second-order valence-corrected chi connectivity index (χ2v) is 13.6. The number of hydrazine groups is 1. The van der Waals surface area contributed by atoms with E-state index in [2.05, 4.69) is 26.4 Å². The smallest absolute Gasteiger partial charge is 0.407 e. The van der Waals surface area contributed by atoms with Crippen LogP contribution in [0.5, 0.6) is 0 Å². The van der Waals surface area contributed by atoms with Gasteiger partial charge in [0.1, 0.15) is 23.9 Å². The number of alkyl carbamates (subject to hydrolysis) is 2. The van der Waals surface area contributed by atoms with Crippen molar-refractivity contribution >= 4 is 30.0 Å². The van der Waals surface area contributed by atoms with Crippen LogP contribution in [0, 0.1) is 17.8 Å². The molecular formula is C37H54N6O8. The number of methoxy groups -OCH3 is 2. The first-order valence-electron chi connectivity index (χ1n) is 17.6. The first-order chi connectivity index (χ1) is 24.4. The second-order valence-electron chi connectivity index (χ2n) is 13.6. The van der Waals surface area contributed by atoms with Gasteiger partial charge in [-0.15, -0.1) is 0 Å². The molecule has 0 spiro atoms. The maximum atomic E-state index is 13.9. The SMILES string of the molecule is COC(=O)N[C@H](C(=O)NC(Cc1ccccc1)C(CN(CC1CCCCC1)NC(=O)[C@@H](NC(=O)OC)C(C)C)OC(=O)c1ccccn1)C(C)C. The van der Waals surface area contributed by atoms with Crippen LogP contribution < -0.4 is 21.4 Å². The Morgan fingerprint density at radius 3 is 1.92 bits per heavy atom. The van der Waals surface area contributed by atoms with Gasteiger partial charge in [-0.3, -0.25) is 15.0 Å². The van der Waals surface area contributed by atoms with Crippen molar-refractivity contribution in [1.82, 2.24) is 31.4 Å². The molecule has 0 radical (unpaired) electrons. The summed E-state index contributed by atoms with van der Waals surface area (Å²) in [5.74, 6) is -2.02. The van der Waals surface area contributed by atoms with Crippen LogP contribution in [-0.4, -0.2) is 91.5 Å². The van der Waals surface area contributed by atoms with Crippen molar-refractivity contribution < 1.29 is 38.2 Å². The summed E-state index contributed by atoms with van der Waals surface area (Å²) in [6.07, 6.45) is 4.36. The normalized spacial score (nSPS) is 15.6. The lowest BCUT2D eigenvalue weighted by atomic mass is 9.89. The Hall–Kier alpha value is -4.72. The molecule has 4 atom stereocenters. The Kier molecular flexibility index (Phi) is 16.6. The highest BCUT2D eigenvalue weighted by atomic mass is 16.6. The third-order valence-corrected chi connectivity index (χ3v) is 8.90. The van der Waals surface area contributed by atoms with Gasteiger partial charge in [-0.25, -0.2) is 24.4 Å². The van der Waals surface area contributed by atoms with Crippen LogP contribution in [0.3, 0.4) is 0 Å². The van der Waals surface area contributed by atoms with Gasteiger partial charge >= 0.3 is 18.2 Å². The molecule has 2 aromatic rings. The summed E-state index contributed by atoms with van der Waals surface area (Å²) in [7, 11) is 2.45. The number of aromatic nitrogens is 1. The standard InChI is InChI=1S/C37H54N6O8/c1-24(2)31(40-36(47)49-5)33(44)39-29(21-26-15-9-7-10-16-26)30(51-35(46)28-19-13-14-20-38-28)23-43(22-27-17-11-8-12-18-27)42-34(45)32(25(3)4)41-37(48)50-6/h7,9-10,13-16,19-20,24-25,27,29-32H,8,11-12,17-18,21-23H2,1-6H3,(H,39,44)(H,40,47)(H,41,48)(H,42,45)/t29?,30?,31-,32-/m0/s1. The van der Waals surface area contributed by atoms with Crippen molar-refractivity contribution in [3.63, 3.8) is 0 Å². The molecule has 4 N–H and O–H groups in total. The van der Waals surface area contributed by atoms with Gasteiger partial charge in [-0.05, 0) is 54.7 Å². The van der Waals surface area contributed by atoms with Gasteiger partial charge < -0.3 is 30.2 Å². The van der Waals surface area contributed by atoms with Gasteiger partial charge in [0.15, 0.2) is 0 Å². The van der Waals surface area contributed by atoms with E-state index in [-0.39, 0.29) is 36.4 Å². The van der Waals surface area contributed by atoms with Crippen molar-refractivity contribution in [3.8, 4) is 0 Å². The highest BCUT2D eigenvalue weighted by molar-refractivity contribution is 5.88. The maximum Gasteiger partial charge on any atom is 0.407 e. The number of esters is 1. The number of carbonyl (C=O) groups is 5. The third-order valence-electron chi connectivity index (χ3n) is 8.90. The van der Waals surface area contributed by atoms with E-state index in [1.54, 1.807) is 31.0 Å². The molecule has 1 saturated carbocycles. The molecule has 2 unspecified atom stereocenters. The summed E-state index contributed by atoms with van der Waals surface area (Å²) in [6, 6.07) is 11.6. The summed E-state index contributed by atoms with van der Waals surface area (Å²) in [5, 5.41) is 9.99. The molecule has 1 aliphatic rings. The summed E-state index contributed by atoms with van der Waals surface area (Å²) in [4.78, 5) is 69.8. The third kappa shape index (κ3) is 13.5. The largest absolute Gasteiger partial charge is 0.454 e. The Labute approximate surface area is 300 Å². The number of nitrogens with zero attached hydrogens (tertiary/aromatic N) is 2. The van der Waals surface area contributed by atoms with Gasteiger partial charge in [0.25, 0.3) is 5.91 Å². The van der Waals surface area contributed by atoms with Gasteiger partial charge in [0.2, 0.25) is 5.91 Å². The number of nitrogens with one attached hydrogen (secondary N) is 4. The molecule has 280 valence electrons. The molecule has 1 fully saturated rings. The number of benzene rings is 1. The number of hydrogen-bond acceptors (Lipinski definition) is 10. The molecule has 1 aromatic carbocycles. The quantitative estimate of drug-likeness (QED) is 0.107. The van der Waals surface area contributed by atoms with Crippen molar-refractivity contribution in [2.75, 3.05) is 27.3 Å². The Balaban J connectivity index is 2.05. The van der Waals surface area contributed by atoms with E-state index in [4.69, 9.17) is 14.2 Å². The van der Waals surface area contributed by atoms with E-state index in [0.29, 0.717) is 6.54 Å². The molecule has 1 aromatic heterocycles. The van der Waals surface area contributed by atoms with Crippen LogP contribution in [0.15, 0.2) is 54.7 Å². The minimum Gasteiger partial charge on any atom is -0.454 e. The maximum absolute atomic E-state index is 13.9. The minimum atomic E-state index is -1.02. The lowest BCUT2D eigenvalue weighted by Gasteiger charge is -2.36. The molecule has 0 saturated heterocycles. The Morgan fingerprint density at radius 2 is 1.37 bits per heavy atom. The predicted molar refractivity (Wildman–Crippen MR) is 190 cm³/mol. The molecule has 0 aliphatic heterocycles. The van der Waals surface area contributed by atoms with E-state index >= 15 is 0 Å². The zero-order chi connectivity index (χ0) is 37.3. The number of pyridine rings is 1. The van der Waals surface area contributed by atoms with Crippen LogP contribution in [0.4, 0.5) is 9.59 Å². The fraction of sp³-hybridized carbons (Fsp3) is 0.568. The molecule has 51 heavy (non-hydrogen) atoms. The number of amides is 4. The summed E-state index contributed by atoms with van der Waals surface area (Å²) in [5.41, 5.74) is 3.93. The average Bonchev–Trinajstić information content (AvgIpc) is 3.12. The van der Waals surface area contributed by atoms with E-state index in [0.717, 1.165) is 37.7 Å². The first kappa shape index (κ1) is 40.7. The molecule has 4 amide bonds. The van der Waals surface area contributed by atoms with E-state index < -0.39 is 54.2 Å². The molecule has 14 nitrogen and oxygen atoms in total. The number of ether oxygens (including phenoxy) is 3. The lowest BCUT2D eigenvalue weighted by Crippen LogP contribution is -2.60. The first-order valence-corrected chi connectivity index (χ1v) is 17.6. The zero-order valence-corrected chi connectivity index (χ0v) is 30.6. The van der Waals surface area contributed by atoms with Crippen molar-refractivity contribution in [1.29, 1.82) is 0 Å². The topological polar surface area (TPSA) is 177 Å². The predicted octanol–water partition coefficient (Wildman–Crippen LogP) is 4.01. The molecule has 0 bridgehead atoms. The summed E-state index contributed by atoms with van der Waals surface area (Å²) < 4.78 is 15.7. The minimum absolute atomic E-state index is 0.0155. The Morgan fingerprint density at radius 1 is 0.784 bits per heavy atom. The summed E-state index contributed by atoms with van der Waals surface area (Å²) in [6.45, 7) is 7.62. The van der Waals surface area contributed by atoms with Crippen molar-refractivity contribution in [2.24, 2.45) is 17.8 Å². The highest BCUT2D eigenvalue weighted by Crippen LogP contribution is 2.25. The molecule has 14 heteroatoms. The molecule has 1 heterocycles.